The van der Waals surface area contributed by atoms with Crippen molar-refractivity contribution in [1.29, 1.82) is 0 Å². The van der Waals surface area contributed by atoms with Crippen LogP contribution in [0.4, 0.5) is 9.59 Å². The van der Waals surface area contributed by atoms with E-state index >= 15 is 0 Å². The predicted molar refractivity (Wildman–Crippen MR) is 113 cm³/mol. The number of rotatable bonds is 11. The van der Waals surface area contributed by atoms with Crippen LogP contribution in [-0.4, -0.2) is 41.9 Å². The van der Waals surface area contributed by atoms with Crippen molar-refractivity contribution in [2.75, 3.05) is 6.54 Å². The molecular weight excluding hydrogens is 402 g/mol. The number of aliphatic hydroxyl groups is 1. The molecule has 9 heteroatoms. The van der Waals surface area contributed by atoms with Gasteiger partial charge in [0, 0.05) is 13.0 Å². The Balaban J connectivity index is 1.66. The maximum atomic E-state index is 11.9. The molecule has 2 rings (SSSR count). The molecule has 0 aromatic heterocycles. The molecule has 31 heavy (non-hydrogen) atoms. The molecule has 9 nitrogen and oxygen atoms in total. The molecule has 0 aliphatic carbocycles. The predicted octanol–water partition coefficient (Wildman–Crippen LogP) is 1.83. The molecule has 0 aliphatic heterocycles. The van der Waals surface area contributed by atoms with Gasteiger partial charge in [0.25, 0.3) is 0 Å². The number of ether oxygens (including phenoxy) is 2. The van der Waals surface area contributed by atoms with Gasteiger partial charge in [-0.1, -0.05) is 60.7 Å². The number of hydrogen-bond donors (Lipinski definition) is 4. The number of carbonyl (C=O) groups excluding carboxylic acids is 3. The summed E-state index contributed by atoms with van der Waals surface area (Å²) in [4.78, 5) is 35.2. The van der Waals surface area contributed by atoms with Gasteiger partial charge in [0.2, 0.25) is 5.91 Å². The Labute approximate surface area is 180 Å². The SMILES string of the molecule is NC(=O)[C@H](CC(O)CCNC(=O)OCc1ccccc1)NC(=O)OCc1ccccc1. The summed E-state index contributed by atoms with van der Waals surface area (Å²) in [5.41, 5.74) is 6.95. The second-order valence-electron chi connectivity index (χ2n) is 6.83. The van der Waals surface area contributed by atoms with E-state index < -0.39 is 30.2 Å². The molecule has 2 aromatic carbocycles. The highest BCUT2D eigenvalue weighted by Gasteiger charge is 2.22. The van der Waals surface area contributed by atoms with E-state index in [1.807, 2.05) is 48.5 Å². The third-order valence-electron chi connectivity index (χ3n) is 4.32. The largest absolute Gasteiger partial charge is 0.445 e. The second-order valence-corrected chi connectivity index (χ2v) is 6.83. The zero-order valence-corrected chi connectivity index (χ0v) is 17.0. The van der Waals surface area contributed by atoms with Gasteiger partial charge in [0.15, 0.2) is 0 Å². The first kappa shape index (κ1) is 23.7. The first-order valence-electron chi connectivity index (χ1n) is 9.83. The maximum Gasteiger partial charge on any atom is 0.408 e. The van der Waals surface area contributed by atoms with Crippen LogP contribution < -0.4 is 16.4 Å². The van der Waals surface area contributed by atoms with Crippen molar-refractivity contribution in [1.82, 2.24) is 10.6 Å². The summed E-state index contributed by atoms with van der Waals surface area (Å²) >= 11 is 0. The van der Waals surface area contributed by atoms with Crippen molar-refractivity contribution in [3.05, 3.63) is 71.8 Å². The van der Waals surface area contributed by atoms with Gasteiger partial charge in [-0.2, -0.15) is 0 Å². The highest BCUT2D eigenvalue weighted by atomic mass is 16.6. The van der Waals surface area contributed by atoms with E-state index in [4.69, 9.17) is 15.2 Å². The minimum atomic E-state index is -1.11. The number of amides is 3. The molecule has 0 fully saturated rings. The molecule has 2 aromatic rings. The number of primary amides is 1. The lowest BCUT2D eigenvalue weighted by molar-refractivity contribution is -0.120. The average Bonchev–Trinajstić information content (AvgIpc) is 2.77. The van der Waals surface area contributed by atoms with Crippen LogP contribution in [-0.2, 0) is 27.5 Å². The van der Waals surface area contributed by atoms with Crippen LogP contribution in [0.2, 0.25) is 0 Å². The molecule has 0 saturated heterocycles. The van der Waals surface area contributed by atoms with Crippen molar-refractivity contribution >= 4 is 18.1 Å². The summed E-state index contributed by atoms with van der Waals surface area (Å²) < 4.78 is 10.1. The lowest BCUT2D eigenvalue weighted by Crippen LogP contribution is -2.46. The van der Waals surface area contributed by atoms with Crippen LogP contribution in [0, 0.1) is 0 Å². The van der Waals surface area contributed by atoms with Gasteiger partial charge in [0.05, 0.1) is 6.10 Å². The molecule has 0 saturated carbocycles. The molecule has 5 N–H and O–H groups in total. The second kappa shape index (κ2) is 12.9. The number of carbonyl (C=O) groups is 3. The third kappa shape index (κ3) is 9.64. The summed E-state index contributed by atoms with van der Waals surface area (Å²) in [7, 11) is 0. The van der Waals surface area contributed by atoms with Crippen LogP contribution >= 0.6 is 0 Å². The zero-order valence-electron chi connectivity index (χ0n) is 17.0. The highest BCUT2D eigenvalue weighted by molar-refractivity contribution is 5.84. The molecule has 3 amide bonds. The van der Waals surface area contributed by atoms with Crippen molar-refractivity contribution < 1.29 is 29.0 Å². The minimum absolute atomic E-state index is 0.0374. The molecule has 166 valence electrons. The zero-order chi connectivity index (χ0) is 22.5. The summed E-state index contributed by atoms with van der Waals surface area (Å²) in [5.74, 6) is -0.800. The average molecular weight is 429 g/mol. The first-order chi connectivity index (χ1) is 14.9. The molecule has 0 aliphatic rings. The van der Waals surface area contributed by atoms with Crippen LogP contribution in [0.1, 0.15) is 24.0 Å². The van der Waals surface area contributed by atoms with E-state index in [1.54, 1.807) is 12.1 Å². The van der Waals surface area contributed by atoms with E-state index in [0.29, 0.717) is 0 Å². The number of alkyl carbamates (subject to hydrolysis) is 2. The van der Waals surface area contributed by atoms with E-state index in [1.165, 1.54) is 0 Å². The molecule has 0 heterocycles. The highest BCUT2D eigenvalue weighted by Crippen LogP contribution is 2.05. The van der Waals surface area contributed by atoms with Crippen molar-refractivity contribution in [2.45, 2.75) is 38.2 Å². The Hall–Kier alpha value is -3.59. The van der Waals surface area contributed by atoms with Crippen LogP contribution in [0.25, 0.3) is 0 Å². The number of nitrogens with two attached hydrogens (primary N) is 1. The maximum absolute atomic E-state index is 11.9. The fraction of sp³-hybridized carbons (Fsp3) is 0.318. The van der Waals surface area contributed by atoms with Crippen molar-refractivity contribution in [3.63, 3.8) is 0 Å². The lowest BCUT2D eigenvalue weighted by Gasteiger charge is -2.19. The molecule has 0 bridgehead atoms. The van der Waals surface area contributed by atoms with Gasteiger partial charge in [-0.05, 0) is 17.5 Å². The number of aliphatic hydroxyl groups excluding tert-OH is 1. The van der Waals surface area contributed by atoms with Crippen LogP contribution in [0.5, 0.6) is 0 Å². The number of nitrogens with one attached hydrogen (secondary N) is 2. The molecule has 2 atom stereocenters. The molecular formula is C22H27N3O6. The normalized spacial score (nSPS) is 12.3. The number of hydrogen-bond acceptors (Lipinski definition) is 6. The molecule has 0 spiro atoms. The Morgan fingerprint density at radius 2 is 1.39 bits per heavy atom. The summed E-state index contributed by atoms with van der Waals surface area (Å²) in [5, 5.41) is 15.0. The van der Waals surface area contributed by atoms with Gasteiger partial charge in [0.1, 0.15) is 19.3 Å². The Bertz CT molecular complexity index is 832. The first-order valence-corrected chi connectivity index (χ1v) is 9.83. The van der Waals surface area contributed by atoms with Crippen LogP contribution in [0.15, 0.2) is 60.7 Å². The Morgan fingerprint density at radius 3 is 1.90 bits per heavy atom. The minimum Gasteiger partial charge on any atom is -0.445 e. The van der Waals surface area contributed by atoms with Gasteiger partial charge in [-0.25, -0.2) is 9.59 Å². The van der Waals surface area contributed by atoms with E-state index in [9.17, 15) is 19.5 Å². The Morgan fingerprint density at radius 1 is 0.871 bits per heavy atom. The third-order valence-corrected chi connectivity index (χ3v) is 4.32. The van der Waals surface area contributed by atoms with Gasteiger partial charge < -0.3 is 30.9 Å². The van der Waals surface area contributed by atoms with E-state index in [-0.39, 0.29) is 32.6 Å². The van der Waals surface area contributed by atoms with Gasteiger partial charge >= 0.3 is 12.2 Å². The van der Waals surface area contributed by atoms with Gasteiger partial charge in [-0.3, -0.25) is 4.79 Å². The molecule has 0 radical (unpaired) electrons. The van der Waals surface area contributed by atoms with Gasteiger partial charge in [-0.15, -0.1) is 0 Å². The van der Waals surface area contributed by atoms with Crippen molar-refractivity contribution in [3.8, 4) is 0 Å². The quantitative estimate of drug-likeness (QED) is 0.430. The lowest BCUT2D eigenvalue weighted by atomic mass is 10.1. The van der Waals surface area contributed by atoms with E-state index in [0.717, 1.165) is 11.1 Å². The summed E-state index contributed by atoms with van der Waals surface area (Å²) in [6.45, 7) is 0.294. The van der Waals surface area contributed by atoms with Crippen LogP contribution in [0.3, 0.4) is 0 Å². The fourth-order valence-electron chi connectivity index (χ4n) is 2.66. The topological polar surface area (TPSA) is 140 Å². The van der Waals surface area contributed by atoms with E-state index in [2.05, 4.69) is 10.6 Å². The standard InChI is InChI=1S/C22H27N3O6/c23-20(27)19(25-22(29)31-15-17-9-5-2-6-10-17)13-18(26)11-12-24-21(28)30-14-16-7-3-1-4-8-16/h1-10,18-19,26H,11-15H2,(H2,23,27)(H,24,28)(H,25,29)/t18?,19-/m0/s1. The monoisotopic (exact) mass is 429 g/mol. The fourth-order valence-corrected chi connectivity index (χ4v) is 2.66. The summed E-state index contributed by atoms with van der Waals surface area (Å²) in [6.07, 6.45) is -2.39. The number of benzene rings is 2. The molecule has 1 unspecified atom stereocenters. The summed E-state index contributed by atoms with van der Waals surface area (Å²) in [6, 6.07) is 17.1. The smallest absolute Gasteiger partial charge is 0.408 e. The van der Waals surface area contributed by atoms with Crippen molar-refractivity contribution in [2.24, 2.45) is 5.73 Å². The Kier molecular flexibility index (Phi) is 9.83.